The standard InChI is InChI=1S/C12H25NO3/c1-11(10-13-12-4-5-12)16-9-8-15-7-3-6-14-2/h11-13H,3-10H2,1-2H3. The van der Waals surface area contributed by atoms with Crippen molar-refractivity contribution >= 4 is 0 Å². The number of ether oxygens (including phenoxy) is 3. The summed E-state index contributed by atoms with van der Waals surface area (Å²) in [6.07, 6.45) is 3.89. The van der Waals surface area contributed by atoms with Crippen LogP contribution in [0.25, 0.3) is 0 Å². The van der Waals surface area contributed by atoms with Crippen LogP contribution < -0.4 is 5.32 Å². The van der Waals surface area contributed by atoms with Gasteiger partial charge < -0.3 is 19.5 Å². The van der Waals surface area contributed by atoms with Crippen LogP contribution in [0.15, 0.2) is 0 Å². The highest BCUT2D eigenvalue weighted by Crippen LogP contribution is 2.18. The van der Waals surface area contributed by atoms with E-state index in [2.05, 4.69) is 12.2 Å². The average molecular weight is 231 g/mol. The van der Waals surface area contributed by atoms with E-state index in [-0.39, 0.29) is 6.10 Å². The van der Waals surface area contributed by atoms with Gasteiger partial charge in [-0.25, -0.2) is 0 Å². The largest absolute Gasteiger partial charge is 0.385 e. The molecular weight excluding hydrogens is 206 g/mol. The maximum atomic E-state index is 5.61. The third-order valence-electron chi connectivity index (χ3n) is 2.54. The molecule has 1 fully saturated rings. The first-order valence-electron chi connectivity index (χ1n) is 6.24. The molecule has 1 atom stereocenters. The van der Waals surface area contributed by atoms with E-state index in [1.807, 2.05) is 0 Å². The van der Waals surface area contributed by atoms with Gasteiger partial charge in [0, 0.05) is 32.9 Å². The molecule has 1 N–H and O–H groups in total. The molecule has 1 aliphatic carbocycles. The Morgan fingerprint density at radius 1 is 1.19 bits per heavy atom. The highest BCUT2D eigenvalue weighted by Gasteiger charge is 2.20. The summed E-state index contributed by atoms with van der Waals surface area (Å²) in [4.78, 5) is 0. The van der Waals surface area contributed by atoms with Crippen LogP contribution in [0.3, 0.4) is 0 Å². The van der Waals surface area contributed by atoms with Crippen LogP contribution in [0, 0.1) is 0 Å². The Morgan fingerprint density at radius 2 is 2.00 bits per heavy atom. The van der Waals surface area contributed by atoms with Crippen molar-refractivity contribution in [2.45, 2.75) is 38.3 Å². The smallest absolute Gasteiger partial charge is 0.0704 e. The average Bonchev–Trinajstić information content (AvgIpc) is 3.09. The van der Waals surface area contributed by atoms with E-state index < -0.39 is 0 Å². The fourth-order valence-corrected chi connectivity index (χ4v) is 1.39. The van der Waals surface area contributed by atoms with Crippen molar-refractivity contribution in [2.75, 3.05) is 40.1 Å². The van der Waals surface area contributed by atoms with Gasteiger partial charge in [-0.05, 0) is 26.2 Å². The molecule has 4 nitrogen and oxygen atoms in total. The topological polar surface area (TPSA) is 39.7 Å². The SMILES string of the molecule is COCCCOCCOC(C)CNC1CC1. The lowest BCUT2D eigenvalue weighted by Crippen LogP contribution is -2.29. The summed E-state index contributed by atoms with van der Waals surface area (Å²) >= 11 is 0. The monoisotopic (exact) mass is 231 g/mol. The Hall–Kier alpha value is -0.160. The van der Waals surface area contributed by atoms with E-state index in [1.165, 1.54) is 12.8 Å². The second-order valence-electron chi connectivity index (χ2n) is 4.32. The second-order valence-corrected chi connectivity index (χ2v) is 4.32. The quantitative estimate of drug-likeness (QED) is 0.542. The van der Waals surface area contributed by atoms with Gasteiger partial charge in [-0.3, -0.25) is 0 Å². The number of methoxy groups -OCH3 is 1. The molecule has 1 aliphatic rings. The summed E-state index contributed by atoms with van der Waals surface area (Å²) in [6, 6.07) is 0.761. The Kier molecular flexibility index (Phi) is 7.76. The third-order valence-corrected chi connectivity index (χ3v) is 2.54. The van der Waals surface area contributed by atoms with E-state index in [0.717, 1.165) is 32.2 Å². The highest BCUT2D eigenvalue weighted by molar-refractivity contribution is 4.81. The van der Waals surface area contributed by atoms with Crippen LogP contribution in [0.5, 0.6) is 0 Å². The van der Waals surface area contributed by atoms with Crippen molar-refractivity contribution in [1.29, 1.82) is 0 Å². The Balaban J connectivity index is 1.75. The molecule has 1 rings (SSSR count). The molecule has 1 saturated carbocycles. The summed E-state index contributed by atoms with van der Waals surface area (Å²) < 4.78 is 15.9. The molecule has 1 unspecified atom stereocenters. The summed E-state index contributed by atoms with van der Waals surface area (Å²) in [5, 5.41) is 3.44. The first-order chi connectivity index (χ1) is 7.83. The van der Waals surface area contributed by atoms with Gasteiger partial charge in [-0.1, -0.05) is 0 Å². The predicted octanol–water partition coefficient (Wildman–Crippen LogP) is 1.20. The van der Waals surface area contributed by atoms with Gasteiger partial charge in [-0.15, -0.1) is 0 Å². The lowest BCUT2D eigenvalue weighted by Gasteiger charge is -2.13. The van der Waals surface area contributed by atoms with Crippen LogP contribution in [0.2, 0.25) is 0 Å². The van der Waals surface area contributed by atoms with Crippen molar-refractivity contribution in [2.24, 2.45) is 0 Å². The zero-order chi connectivity index (χ0) is 11.6. The van der Waals surface area contributed by atoms with Crippen molar-refractivity contribution in [3.8, 4) is 0 Å². The van der Waals surface area contributed by atoms with Gasteiger partial charge in [0.2, 0.25) is 0 Å². The van der Waals surface area contributed by atoms with Crippen molar-refractivity contribution < 1.29 is 14.2 Å². The van der Waals surface area contributed by atoms with Crippen molar-refractivity contribution in [3.63, 3.8) is 0 Å². The maximum Gasteiger partial charge on any atom is 0.0704 e. The molecule has 0 spiro atoms. The summed E-state index contributed by atoms with van der Waals surface area (Å²) in [7, 11) is 1.71. The van der Waals surface area contributed by atoms with Crippen molar-refractivity contribution in [1.82, 2.24) is 5.32 Å². The second kappa shape index (κ2) is 8.93. The molecule has 0 aromatic rings. The third kappa shape index (κ3) is 8.05. The maximum absolute atomic E-state index is 5.61. The van der Waals surface area contributed by atoms with Gasteiger partial charge >= 0.3 is 0 Å². The van der Waals surface area contributed by atoms with Crippen molar-refractivity contribution in [3.05, 3.63) is 0 Å². The van der Waals surface area contributed by atoms with Crippen LogP contribution >= 0.6 is 0 Å². The molecule has 0 amide bonds. The molecule has 0 bridgehead atoms. The molecular formula is C12H25NO3. The van der Waals surface area contributed by atoms with Gasteiger partial charge in [0.15, 0.2) is 0 Å². The predicted molar refractivity (Wildman–Crippen MR) is 63.8 cm³/mol. The van der Waals surface area contributed by atoms with E-state index in [0.29, 0.717) is 13.2 Å². The van der Waals surface area contributed by atoms with Crippen LogP contribution in [0.4, 0.5) is 0 Å². The molecule has 0 heterocycles. The van der Waals surface area contributed by atoms with Crippen LogP contribution in [0.1, 0.15) is 26.2 Å². The summed E-state index contributed by atoms with van der Waals surface area (Å²) in [5.41, 5.74) is 0. The number of hydrogen-bond acceptors (Lipinski definition) is 4. The first kappa shape index (κ1) is 13.9. The molecule has 0 radical (unpaired) electrons. The number of hydrogen-bond donors (Lipinski definition) is 1. The lowest BCUT2D eigenvalue weighted by atomic mass is 10.4. The minimum absolute atomic E-state index is 0.281. The van der Waals surface area contributed by atoms with Crippen LogP contribution in [-0.2, 0) is 14.2 Å². The molecule has 0 aromatic heterocycles. The molecule has 0 saturated heterocycles. The number of rotatable bonds is 11. The van der Waals surface area contributed by atoms with Gasteiger partial charge in [0.25, 0.3) is 0 Å². The molecule has 0 aromatic carbocycles. The van der Waals surface area contributed by atoms with Gasteiger partial charge in [-0.2, -0.15) is 0 Å². The Labute approximate surface area is 98.6 Å². The molecule has 0 aliphatic heterocycles. The van der Waals surface area contributed by atoms with Gasteiger partial charge in [0.05, 0.1) is 19.3 Å². The molecule has 4 heteroatoms. The minimum Gasteiger partial charge on any atom is -0.385 e. The number of nitrogens with one attached hydrogen (secondary N) is 1. The zero-order valence-corrected chi connectivity index (χ0v) is 10.5. The van der Waals surface area contributed by atoms with E-state index in [4.69, 9.17) is 14.2 Å². The Bertz CT molecular complexity index is 162. The van der Waals surface area contributed by atoms with Gasteiger partial charge in [0.1, 0.15) is 0 Å². The molecule has 96 valence electrons. The van der Waals surface area contributed by atoms with E-state index >= 15 is 0 Å². The van der Waals surface area contributed by atoms with Crippen LogP contribution in [-0.4, -0.2) is 52.2 Å². The minimum atomic E-state index is 0.281. The molecule has 16 heavy (non-hydrogen) atoms. The summed E-state index contributed by atoms with van der Waals surface area (Å²) in [5.74, 6) is 0. The zero-order valence-electron chi connectivity index (χ0n) is 10.5. The fraction of sp³-hybridized carbons (Fsp3) is 1.00. The Morgan fingerprint density at radius 3 is 2.69 bits per heavy atom. The first-order valence-corrected chi connectivity index (χ1v) is 6.24. The fourth-order valence-electron chi connectivity index (χ4n) is 1.39. The van der Waals surface area contributed by atoms with E-state index in [1.54, 1.807) is 7.11 Å². The normalized spacial score (nSPS) is 17.6. The highest BCUT2D eigenvalue weighted by atomic mass is 16.5. The summed E-state index contributed by atoms with van der Waals surface area (Å²) in [6.45, 7) is 5.93. The van der Waals surface area contributed by atoms with E-state index in [9.17, 15) is 0 Å². The lowest BCUT2D eigenvalue weighted by molar-refractivity contribution is 0.00874.